The Balaban J connectivity index is 2.16. The van der Waals surface area contributed by atoms with Gasteiger partial charge in [0.2, 0.25) is 0 Å². The maximum absolute atomic E-state index is 12.9. The zero-order valence-corrected chi connectivity index (χ0v) is 14.8. The molecule has 0 unspecified atom stereocenters. The molecule has 3 aromatic rings. The van der Waals surface area contributed by atoms with Crippen LogP contribution in [0.25, 0.3) is 10.9 Å². The Labute approximate surface area is 156 Å². The van der Waals surface area contributed by atoms with Crippen LogP contribution in [0.5, 0.6) is 0 Å². The highest BCUT2D eigenvalue weighted by Gasteiger charge is 2.31. The Morgan fingerprint density at radius 2 is 1.92 bits per heavy atom. The fraction of sp³-hybridized carbons (Fsp3) is 0.176. The predicted octanol–water partition coefficient (Wildman–Crippen LogP) is 5.20. The van der Waals surface area contributed by atoms with Crippen LogP contribution in [0.1, 0.15) is 21.6 Å². The Morgan fingerprint density at radius 1 is 1.19 bits per heavy atom. The summed E-state index contributed by atoms with van der Waals surface area (Å²) in [7, 11) is 1.18. The molecule has 1 heterocycles. The first-order valence-corrected chi connectivity index (χ1v) is 8.06. The average Bonchev–Trinajstić information content (AvgIpc) is 2.93. The number of carbonyl (C=O) groups is 1. The topological polar surface area (TPSA) is 44.1 Å². The highest BCUT2D eigenvalue weighted by molar-refractivity contribution is 6.33. The van der Waals surface area contributed by atoms with Gasteiger partial charge in [0.25, 0.3) is 0 Å². The normalized spacial score (nSPS) is 11.8. The van der Waals surface area contributed by atoms with E-state index in [0.717, 1.165) is 12.1 Å². The van der Waals surface area contributed by atoms with Crippen LogP contribution in [0.4, 0.5) is 13.2 Å². The van der Waals surface area contributed by atoms with E-state index < -0.39 is 17.7 Å². The number of alkyl halides is 3. The summed E-state index contributed by atoms with van der Waals surface area (Å²) in [6.07, 6.45) is -4.51. The summed E-state index contributed by atoms with van der Waals surface area (Å²) < 4.78 is 44.8. The first kappa shape index (κ1) is 18.5. The second kappa shape index (κ2) is 6.81. The van der Waals surface area contributed by atoms with Gasteiger partial charge in [0.1, 0.15) is 0 Å². The van der Waals surface area contributed by atoms with E-state index in [-0.39, 0.29) is 23.1 Å². The zero-order chi connectivity index (χ0) is 19.1. The Kier molecular flexibility index (Phi) is 4.86. The van der Waals surface area contributed by atoms with Crippen LogP contribution in [-0.2, 0) is 17.5 Å². The minimum atomic E-state index is -4.51. The molecule has 0 saturated heterocycles. The maximum atomic E-state index is 12.9. The Bertz CT molecular complexity index is 1000. The molecular formula is C17H11Cl2F3N2O2. The number of nitrogens with zero attached hydrogens (tertiary/aromatic N) is 2. The van der Waals surface area contributed by atoms with E-state index in [1.807, 2.05) is 0 Å². The summed E-state index contributed by atoms with van der Waals surface area (Å²) in [5.74, 6) is -0.717. The fourth-order valence-electron chi connectivity index (χ4n) is 2.56. The van der Waals surface area contributed by atoms with Crippen molar-refractivity contribution >= 4 is 40.1 Å². The number of methoxy groups -OCH3 is 1. The third-order valence-electron chi connectivity index (χ3n) is 3.77. The van der Waals surface area contributed by atoms with Gasteiger partial charge in [0, 0.05) is 15.4 Å². The number of ether oxygens (including phenoxy) is 1. The molecule has 0 amide bonds. The van der Waals surface area contributed by atoms with E-state index in [0.29, 0.717) is 15.6 Å². The lowest BCUT2D eigenvalue weighted by Gasteiger charge is -2.08. The van der Waals surface area contributed by atoms with Gasteiger partial charge < -0.3 is 4.74 Å². The number of rotatable bonds is 3. The van der Waals surface area contributed by atoms with Gasteiger partial charge in [0.05, 0.1) is 24.7 Å². The molecule has 0 spiro atoms. The summed E-state index contributed by atoms with van der Waals surface area (Å²) in [6.45, 7) is 0.0415. The third-order valence-corrected chi connectivity index (χ3v) is 4.38. The van der Waals surface area contributed by atoms with Gasteiger partial charge in [-0.2, -0.15) is 18.3 Å². The molecule has 26 heavy (non-hydrogen) atoms. The van der Waals surface area contributed by atoms with E-state index in [9.17, 15) is 18.0 Å². The third kappa shape index (κ3) is 3.50. The van der Waals surface area contributed by atoms with Gasteiger partial charge >= 0.3 is 12.1 Å². The molecule has 4 nitrogen and oxygen atoms in total. The summed E-state index contributed by atoms with van der Waals surface area (Å²) in [4.78, 5) is 12.2. The lowest BCUT2D eigenvalue weighted by Crippen LogP contribution is -2.13. The van der Waals surface area contributed by atoms with Gasteiger partial charge in [-0.15, -0.1) is 0 Å². The molecule has 0 radical (unpaired) electrons. The molecule has 136 valence electrons. The van der Waals surface area contributed by atoms with Crippen LogP contribution >= 0.6 is 23.2 Å². The highest BCUT2D eigenvalue weighted by Crippen LogP contribution is 2.32. The number of halogens is 5. The van der Waals surface area contributed by atoms with Crippen LogP contribution in [0.15, 0.2) is 36.4 Å². The number of esters is 1. The standard InChI is InChI=1S/C17H11Cl2F3N2O2/c1-26-16(25)15-12-4-2-10(17(20,21)22)7-14(12)23-24(15)8-9-6-11(18)3-5-13(9)19/h2-7H,8H2,1H3. The van der Waals surface area contributed by atoms with Gasteiger partial charge in [0.15, 0.2) is 5.69 Å². The van der Waals surface area contributed by atoms with Gasteiger partial charge in [-0.25, -0.2) is 4.79 Å². The molecule has 3 rings (SSSR count). The highest BCUT2D eigenvalue weighted by atomic mass is 35.5. The monoisotopic (exact) mass is 402 g/mol. The van der Waals surface area contributed by atoms with Crippen molar-refractivity contribution in [3.05, 3.63) is 63.3 Å². The fourth-order valence-corrected chi connectivity index (χ4v) is 2.93. The lowest BCUT2D eigenvalue weighted by atomic mass is 10.1. The van der Waals surface area contributed by atoms with E-state index in [2.05, 4.69) is 5.10 Å². The molecule has 0 bridgehead atoms. The van der Waals surface area contributed by atoms with Gasteiger partial charge in [-0.05, 0) is 42.0 Å². The molecule has 0 N–H and O–H groups in total. The second-order valence-electron chi connectivity index (χ2n) is 5.46. The van der Waals surface area contributed by atoms with Crippen molar-refractivity contribution < 1.29 is 22.7 Å². The molecule has 0 atom stereocenters. The smallest absolute Gasteiger partial charge is 0.416 e. The Hall–Kier alpha value is -2.25. The molecule has 0 aliphatic heterocycles. The van der Waals surface area contributed by atoms with Crippen molar-refractivity contribution in [3.8, 4) is 0 Å². The molecule has 1 aromatic heterocycles. The number of carbonyl (C=O) groups excluding carboxylic acids is 1. The maximum Gasteiger partial charge on any atom is 0.416 e. The number of aromatic nitrogens is 2. The molecule has 0 aliphatic carbocycles. The first-order chi connectivity index (χ1) is 12.2. The first-order valence-electron chi connectivity index (χ1n) is 7.30. The quantitative estimate of drug-likeness (QED) is 0.565. The van der Waals surface area contributed by atoms with Crippen LogP contribution in [0, 0.1) is 0 Å². The molecule has 0 saturated carbocycles. The lowest BCUT2D eigenvalue weighted by molar-refractivity contribution is -0.137. The second-order valence-corrected chi connectivity index (χ2v) is 6.31. The predicted molar refractivity (Wildman–Crippen MR) is 91.6 cm³/mol. The largest absolute Gasteiger partial charge is 0.464 e. The minimum Gasteiger partial charge on any atom is -0.464 e. The molecule has 0 aliphatic rings. The summed E-state index contributed by atoms with van der Waals surface area (Å²) in [6, 6.07) is 7.77. The van der Waals surface area contributed by atoms with E-state index in [1.54, 1.807) is 18.2 Å². The summed E-state index contributed by atoms with van der Waals surface area (Å²) in [5.41, 5.74) is -0.231. The van der Waals surface area contributed by atoms with Crippen LogP contribution in [0.2, 0.25) is 10.0 Å². The van der Waals surface area contributed by atoms with Crippen molar-refractivity contribution in [2.24, 2.45) is 0 Å². The van der Waals surface area contributed by atoms with E-state index in [1.165, 1.54) is 17.9 Å². The van der Waals surface area contributed by atoms with Crippen molar-refractivity contribution in [2.45, 2.75) is 12.7 Å². The van der Waals surface area contributed by atoms with Crippen molar-refractivity contribution in [2.75, 3.05) is 7.11 Å². The van der Waals surface area contributed by atoms with E-state index >= 15 is 0 Å². The molecule has 2 aromatic carbocycles. The SMILES string of the molecule is COC(=O)c1c2ccc(C(F)(F)F)cc2nn1Cc1cc(Cl)ccc1Cl. The van der Waals surface area contributed by atoms with Gasteiger partial charge in [-0.3, -0.25) is 4.68 Å². The van der Waals surface area contributed by atoms with Crippen LogP contribution < -0.4 is 0 Å². The van der Waals surface area contributed by atoms with Crippen molar-refractivity contribution in [1.82, 2.24) is 9.78 Å². The summed E-state index contributed by atoms with van der Waals surface area (Å²) >= 11 is 12.1. The number of benzene rings is 2. The minimum absolute atomic E-state index is 0.0263. The van der Waals surface area contributed by atoms with Crippen LogP contribution in [-0.4, -0.2) is 22.9 Å². The zero-order valence-electron chi connectivity index (χ0n) is 13.3. The van der Waals surface area contributed by atoms with Gasteiger partial charge in [-0.1, -0.05) is 23.2 Å². The molecule has 9 heteroatoms. The Morgan fingerprint density at radius 3 is 2.58 bits per heavy atom. The average molecular weight is 403 g/mol. The molecular weight excluding hydrogens is 392 g/mol. The number of fused-ring (bicyclic) bond motifs is 1. The molecule has 0 fully saturated rings. The number of hydrogen-bond acceptors (Lipinski definition) is 3. The van der Waals surface area contributed by atoms with Crippen LogP contribution in [0.3, 0.4) is 0 Å². The van der Waals surface area contributed by atoms with Crippen molar-refractivity contribution in [1.29, 1.82) is 0 Å². The van der Waals surface area contributed by atoms with E-state index in [4.69, 9.17) is 27.9 Å². The summed E-state index contributed by atoms with van der Waals surface area (Å²) in [5, 5.41) is 5.21. The number of hydrogen-bond donors (Lipinski definition) is 0. The van der Waals surface area contributed by atoms with Crippen molar-refractivity contribution in [3.63, 3.8) is 0 Å².